The summed E-state index contributed by atoms with van der Waals surface area (Å²) >= 11 is 0. The maximum absolute atomic E-state index is 12.4. The third kappa shape index (κ3) is 2.50. The molecule has 0 radical (unpaired) electrons. The quantitative estimate of drug-likeness (QED) is 0.891. The fourth-order valence-electron chi connectivity index (χ4n) is 2.56. The molecule has 1 unspecified atom stereocenters. The molecule has 1 aliphatic heterocycles. The lowest BCUT2D eigenvalue weighted by molar-refractivity contribution is 0.0704. The molecule has 98 valence electrons. The first-order valence-electron chi connectivity index (χ1n) is 6.53. The first kappa shape index (κ1) is 11.9. The maximum Gasteiger partial charge on any atom is 0.255 e. The van der Waals surface area contributed by atoms with Gasteiger partial charge in [-0.05, 0) is 25.0 Å². The van der Waals surface area contributed by atoms with Crippen LogP contribution in [0.4, 0.5) is 0 Å². The van der Waals surface area contributed by atoms with Crippen molar-refractivity contribution in [2.45, 2.75) is 18.8 Å². The number of nitrogens with zero attached hydrogens (tertiary/aromatic N) is 3. The van der Waals surface area contributed by atoms with Gasteiger partial charge in [-0.3, -0.25) is 9.78 Å². The fourth-order valence-corrected chi connectivity index (χ4v) is 2.56. The van der Waals surface area contributed by atoms with Gasteiger partial charge in [0.25, 0.3) is 5.91 Å². The van der Waals surface area contributed by atoms with E-state index in [9.17, 15) is 4.79 Å². The minimum absolute atomic E-state index is 0.0596. The van der Waals surface area contributed by atoms with Crippen molar-refractivity contribution in [3.05, 3.63) is 48.3 Å². The predicted octanol–water partition coefficient (Wildman–Crippen LogP) is 1.82. The van der Waals surface area contributed by atoms with Gasteiger partial charge in [0.1, 0.15) is 5.82 Å². The van der Waals surface area contributed by atoms with Gasteiger partial charge < -0.3 is 9.88 Å². The molecular weight excluding hydrogens is 240 g/mol. The number of piperidine rings is 1. The topological polar surface area (TPSA) is 61.9 Å². The van der Waals surface area contributed by atoms with Crippen molar-refractivity contribution in [1.29, 1.82) is 0 Å². The number of imidazole rings is 1. The second-order valence-electron chi connectivity index (χ2n) is 4.81. The van der Waals surface area contributed by atoms with E-state index in [1.807, 2.05) is 17.2 Å². The Bertz CT molecular complexity index is 538. The van der Waals surface area contributed by atoms with E-state index < -0.39 is 0 Å². The molecule has 0 bridgehead atoms. The van der Waals surface area contributed by atoms with Gasteiger partial charge in [0.05, 0.1) is 5.56 Å². The van der Waals surface area contributed by atoms with E-state index >= 15 is 0 Å². The molecule has 1 atom stereocenters. The van der Waals surface area contributed by atoms with Crippen molar-refractivity contribution >= 4 is 5.91 Å². The third-order valence-electron chi connectivity index (χ3n) is 3.52. The summed E-state index contributed by atoms with van der Waals surface area (Å²) in [5, 5.41) is 0. The fraction of sp³-hybridized carbons (Fsp3) is 0.357. The van der Waals surface area contributed by atoms with Crippen LogP contribution in [-0.4, -0.2) is 38.8 Å². The largest absolute Gasteiger partial charge is 0.348 e. The lowest BCUT2D eigenvalue weighted by atomic mass is 9.97. The van der Waals surface area contributed by atoms with Gasteiger partial charge in [0, 0.05) is 43.8 Å². The average Bonchev–Trinajstić information content (AvgIpc) is 3.02. The minimum atomic E-state index is 0.0596. The number of pyridine rings is 1. The maximum atomic E-state index is 12.4. The van der Waals surface area contributed by atoms with Crippen LogP contribution in [0.15, 0.2) is 36.9 Å². The molecule has 1 amide bonds. The summed E-state index contributed by atoms with van der Waals surface area (Å²) in [7, 11) is 0. The highest BCUT2D eigenvalue weighted by atomic mass is 16.2. The number of nitrogens with one attached hydrogen (secondary N) is 1. The Kier molecular flexibility index (Phi) is 3.27. The van der Waals surface area contributed by atoms with Gasteiger partial charge in [-0.1, -0.05) is 0 Å². The molecule has 1 saturated heterocycles. The standard InChI is InChI=1S/C14H16N4O/c19-14(11-3-1-5-15-9-11)18-8-2-4-12(10-18)13-16-6-7-17-13/h1,3,5-7,9,12H,2,4,8,10H2,(H,16,17). The van der Waals surface area contributed by atoms with Crippen molar-refractivity contribution in [2.24, 2.45) is 0 Å². The number of aromatic nitrogens is 3. The molecule has 5 nitrogen and oxygen atoms in total. The lowest BCUT2D eigenvalue weighted by Gasteiger charge is -2.31. The van der Waals surface area contributed by atoms with Crippen molar-refractivity contribution in [1.82, 2.24) is 19.9 Å². The molecule has 1 fully saturated rings. The Labute approximate surface area is 111 Å². The lowest BCUT2D eigenvalue weighted by Crippen LogP contribution is -2.39. The first-order valence-corrected chi connectivity index (χ1v) is 6.53. The molecule has 0 aromatic carbocycles. The minimum Gasteiger partial charge on any atom is -0.348 e. The van der Waals surface area contributed by atoms with Crippen LogP contribution in [0.25, 0.3) is 0 Å². The van der Waals surface area contributed by atoms with E-state index in [0.717, 1.165) is 31.8 Å². The van der Waals surface area contributed by atoms with Crippen LogP contribution < -0.4 is 0 Å². The summed E-state index contributed by atoms with van der Waals surface area (Å²) in [6.45, 7) is 1.53. The van der Waals surface area contributed by atoms with E-state index in [-0.39, 0.29) is 5.91 Å². The second kappa shape index (κ2) is 5.22. The molecule has 0 aliphatic carbocycles. The predicted molar refractivity (Wildman–Crippen MR) is 70.7 cm³/mol. The molecule has 0 spiro atoms. The highest BCUT2D eigenvalue weighted by Gasteiger charge is 2.26. The summed E-state index contributed by atoms with van der Waals surface area (Å²) in [6, 6.07) is 3.60. The van der Waals surface area contributed by atoms with Crippen molar-refractivity contribution < 1.29 is 4.79 Å². The Morgan fingerprint density at radius 2 is 2.37 bits per heavy atom. The summed E-state index contributed by atoms with van der Waals surface area (Å²) in [4.78, 5) is 25.7. The molecule has 2 aromatic heterocycles. The number of H-pyrrole nitrogens is 1. The number of aromatic amines is 1. The highest BCUT2D eigenvalue weighted by molar-refractivity contribution is 5.93. The smallest absolute Gasteiger partial charge is 0.255 e. The van der Waals surface area contributed by atoms with Gasteiger partial charge in [-0.15, -0.1) is 0 Å². The number of rotatable bonds is 2. The number of carbonyl (C=O) groups is 1. The van der Waals surface area contributed by atoms with Gasteiger partial charge in [0.2, 0.25) is 0 Å². The number of likely N-dealkylation sites (tertiary alicyclic amines) is 1. The van der Waals surface area contributed by atoms with E-state index in [4.69, 9.17) is 0 Å². The average molecular weight is 256 g/mol. The van der Waals surface area contributed by atoms with Gasteiger partial charge in [-0.2, -0.15) is 0 Å². The molecule has 0 saturated carbocycles. The normalized spacial score (nSPS) is 19.4. The zero-order chi connectivity index (χ0) is 13.1. The van der Waals surface area contributed by atoms with Crippen LogP contribution in [0, 0.1) is 0 Å². The van der Waals surface area contributed by atoms with Crippen LogP contribution in [0.2, 0.25) is 0 Å². The van der Waals surface area contributed by atoms with E-state index in [1.165, 1.54) is 0 Å². The van der Waals surface area contributed by atoms with Crippen LogP contribution in [0.5, 0.6) is 0 Å². The van der Waals surface area contributed by atoms with Crippen LogP contribution in [0.3, 0.4) is 0 Å². The van der Waals surface area contributed by atoms with Gasteiger partial charge >= 0.3 is 0 Å². The van der Waals surface area contributed by atoms with Gasteiger partial charge in [-0.25, -0.2) is 4.98 Å². The highest BCUT2D eigenvalue weighted by Crippen LogP contribution is 2.25. The van der Waals surface area contributed by atoms with Gasteiger partial charge in [0.15, 0.2) is 0 Å². The molecule has 19 heavy (non-hydrogen) atoms. The Hall–Kier alpha value is -2.17. The van der Waals surface area contributed by atoms with Crippen LogP contribution >= 0.6 is 0 Å². The Balaban J connectivity index is 1.73. The Morgan fingerprint density at radius 1 is 1.42 bits per heavy atom. The molecule has 5 heteroatoms. The number of hydrogen-bond donors (Lipinski definition) is 1. The van der Waals surface area contributed by atoms with Crippen LogP contribution in [-0.2, 0) is 0 Å². The van der Waals surface area contributed by atoms with Crippen LogP contribution in [0.1, 0.15) is 34.9 Å². The van der Waals surface area contributed by atoms with E-state index in [2.05, 4.69) is 15.0 Å². The third-order valence-corrected chi connectivity index (χ3v) is 3.52. The summed E-state index contributed by atoms with van der Waals surface area (Å²) in [6.07, 6.45) is 8.98. The molecule has 2 aromatic rings. The summed E-state index contributed by atoms with van der Waals surface area (Å²) in [5.74, 6) is 1.34. The number of amides is 1. The zero-order valence-corrected chi connectivity index (χ0v) is 10.6. The first-order chi connectivity index (χ1) is 9.34. The van der Waals surface area contributed by atoms with Crippen molar-refractivity contribution in [2.75, 3.05) is 13.1 Å². The molecule has 3 heterocycles. The molecule has 1 aliphatic rings. The molecular formula is C14H16N4O. The number of carbonyl (C=O) groups excluding carboxylic acids is 1. The summed E-state index contributed by atoms with van der Waals surface area (Å²) in [5.41, 5.74) is 0.655. The monoisotopic (exact) mass is 256 g/mol. The van der Waals surface area contributed by atoms with Crippen molar-refractivity contribution in [3.8, 4) is 0 Å². The Morgan fingerprint density at radius 3 is 3.11 bits per heavy atom. The van der Waals surface area contributed by atoms with E-state index in [1.54, 1.807) is 24.7 Å². The molecule has 1 N–H and O–H groups in total. The zero-order valence-electron chi connectivity index (χ0n) is 10.6. The molecule has 3 rings (SSSR count). The summed E-state index contributed by atoms with van der Waals surface area (Å²) < 4.78 is 0. The van der Waals surface area contributed by atoms with E-state index in [0.29, 0.717) is 11.5 Å². The second-order valence-corrected chi connectivity index (χ2v) is 4.81. The SMILES string of the molecule is O=C(c1cccnc1)N1CCCC(c2ncc[nH]2)C1. The number of hydrogen-bond acceptors (Lipinski definition) is 3. The van der Waals surface area contributed by atoms with Crippen molar-refractivity contribution in [3.63, 3.8) is 0 Å².